The number of aryl methyl sites for hydroxylation is 3. The van der Waals surface area contributed by atoms with Crippen molar-refractivity contribution < 1.29 is 13.2 Å². The van der Waals surface area contributed by atoms with Crippen molar-refractivity contribution in [2.24, 2.45) is 0 Å². The van der Waals surface area contributed by atoms with E-state index in [-0.39, 0.29) is 5.78 Å². The van der Waals surface area contributed by atoms with E-state index in [1.54, 1.807) is 12.1 Å². The predicted octanol–water partition coefficient (Wildman–Crippen LogP) is 2.80. The van der Waals surface area contributed by atoms with Crippen molar-refractivity contribution in [3.63, 3.8) is 0 Å². The molecule has 0 saturated carbocycles. The van der Waals surface area contributed by atoms with Gasteiger partial charge in [-0.3, -0.25) is 9.69 Å². The predicted molar refractivity (Wildman–Crippen MR) is 107 cm³/mol. The van der Waals surface area contributed by atoms with Gasteiger partial charge in [-0.1, -0.05) is 29.8 Å². The number of rotatable bonds is 5. The molecule has 1 aliphatic rings. The zero-order valence-corrected chi connectivity index (χ0v) is 16.9. The minimum absolute atomic E-state index is 0.0768. The van der Waals surface area contributed by atoms with Gasteiger partial charge in [-0.2, -0.15) is 4.31 Å². The molecule has 2 aromatic rings. The number of hydrogen-bond acceptors (Lipinski definition) is 4. The summed E-state index contributed by atoms with van der Waals surface area (Å²) in [5.41, 5.74) is 4.02. The first-order valence-corrected chi connectivity index (χ1v) is 10.6. The summed E-state index contributed by atoms with van der Waals surface area (Å²) in [5, 5.41) is 0. The topological polar surface area (TPSA) is 57.7 Å². The molecule has 0 amide bonds. The van der Waals surface area contributed by atoms with Crippen LogP contribution in [0.15, 0.2) is 47.4 Å². The van der Waals surface area contributed by atoms with Gasteiger partial charge < -0.3 is 0 Å². The summed E-state index contributed by atoms with van der Waals surface area (Å²) < 4.78 is 27.0. The Morgan fingerprint density at radius 2 is 1.52 bits per heavy atom. The molecule has 6 heteroatoms. The van der Waals surface area contributed by atoms with Crippen LogP contribution in [-0.4, -0.2) is 56.1 Å². The third-order valence-electron chi connectivity index (χ3n) is 5.19. The van der Waals surface area contributed by atoms with Gasteiger partial charge in [0.05, 0.1) is 11.4 Å². The van der Waals surface area contributed by atoms with Crippen LogP contribution in [0.1, 0.15) is 27.0 Å². The van der Waals surface area contributed by atoms with Gasteiger partial charge in [-0.25, -0.2) is 8.42 Å². The molecular weight excluding hydrogens is 360 g/mol. The van der Waals surface area contributed by atoms with E-state index >= 15 is 0 Å². The highest BCUT2D eigenvalue weighted by Gasteiger charge is 2.29. The smallest absolute Gasteiger partial charge is 0.243 e. The molecule has 0 bridgehead atoms. The standard InChI is InChI=1S/C21H26N2O3S/c1-16-4-8-20(9-5-16)27(25,26)23-12-10-22(11-13-23)15-21(24)19-7-6-17(2)18(3)14-19/h4-9,14H,10-13,15H2,1-3H3. The second kappa shape index (κ2) is 7.92. The van der Waals surface area contributed by atoms with E-state index < -0.39 is 10.0 Å². The van der Waals surface area contributed by atoms with Crippen LogP contribution in [-0.2, 0) is 10.0 Å². The van der Waals surface area contributed by atoms with Crippen molar-refractivity contribution in [1.29, 1.82) is 0 Å². The number of Topliss-reactive ketones (excluding diaryl/α,β-unsaturated/α-hetero) is 1. The Balaban J connectivity index is 1.60. The molecule has 1 aliphatic heterocycles. The summed E-state index contributed by atoms with van der Waals surface area (Å²) in [5.74, 6) is 0.0768. The highest BCUT2D eigenvalue weighted by Crippen LogP contribution is 2.18. The first-order valence-electron chi connectivity index (χ1n) is 9.17. The number of nitrogens with zero attached hydrogens (tertiary/aromatic N) is 2. The Kier molecular flexibility index (Phi) is 5.79. The number of hydrogen-bond donors (Lipinski definition) is 0. The van der Waals surface area contributed by atoms with E-state index in [4.69, 9.17) is 0 Å². The second-order valence-electron chi connectivity index (χ2n) is 7.22. The van der Waals surface area contributed by atoms with Crippen LogP contribution in [0.5, 0.6) is 0 Å². The minimum Gasteiger partial charge on any atom is -0.293 e. The number of ketones is 1. The van der Waals surface area contributed by atoms with E-state index in [1.807, 2.05) is 56.0 Å². The van der Waals surface area contributed by atoms with Crippen molar-refractivity contribution in [1.82, 2.24) is 9.21 Å². The molecule has 27 heavy (non-hydrogen) atoms. The van der Waals surface area contributed by atoms with Gasteiger partial charge in [-0.15, -0.1) is 0 Å². The molecule has 0 radical (unpaired) electrons. The van der Waals surface area contributed by atoms with E-state index in [2.05, 4.69) is 0 Å². The van der Waals surface area contributed by atoms with Crippen molar-refractivity contribution in [2.75, 3.05) is 32.7 Å². The Hall–Kier alpha value is -2.02. The van der Waals surface area contributed by atoms with Crippen molar-refractivity contribution >= 4 is 15.8 Å². The lowest BCUT2D eigenvalue weighted by molar-refractivity contribution is 0.0901. The summed E-state index contributed by atoms with van der Waals surface area (Å²) in [7, 11) is -3.47. The van der Waals surface area contributed by atoms with E-state index in [1.165, 1.54) is 9.87 Å². The maximum absolute atomic E-state index is 12.8. The second-order valence-corrected chi connectivity index (χ2v) is 9.15. The largest absolute Gasteiger partial charge is 0.293 e. The molecule has 5 nitrogen and oxygen atoms in total. The molecule has 0 N–H and O–H groups in total. The molecule has 1 fully saturated rings. The first kappa shape index (κ1) is 19.7. The average Bonchev–Trinajstić information content (AvgIpc) is 2.64. The fourth-order valence-electron chi connectivity index (χ4n) is 3.20. The Labute approximate surface area is 161 Å². The molecule has 1 heterocycles. The lowest BCUT2D eigenvalue weighted by Crippen LogP contribution is -2.49. The van der Waals surface area contributed by atoms with Crippen molar-refractivity contribution in [2.45, 2.75) is 25.7 Å². The Morgan fingerprint density at radius 1 is 0.889 bits per heavy atom. The average molecular weight is 387 g/mol. The molecule has 2 aromatic carbocycles. The van der Waals surface area contributed by atoms with Gasteiger partial charge in [0.1, 0.15) is 0 Å². The Morgan fingerprint density at radius 3 is 2.11 bits per heavy atom. The van der Waals surface area contributed by atoms with Crippen molar-refractivity contribution in [3.8, 4) is 0 Å². The number of carbonyl (C=O) groups excluding carboxylic acids is 1. The number of carbonyl (C=O) groups is 1. The third kappa shape index (κ3) is 4.46. The maximum atomic E-state index is 12.8. The fraction of sp³-hybridized carbons (Fsp3) is 0.381. The molecule has 0 unspecified atom stereocenters. The number of sulfonamides is 1. The fourth-order valence-corrected chi connectivity index (χ4v) is 4.62. The summed E-state index contributed by atoms with van der Waals surface area (Å²) in [6.45, 7) is 8.19. The zero-order chi connectivity index (χ0) is 19.6. The molecule has 0 aromatic heterocycles. The van der Waals surface area contributed by atoms with Crippen LogP contribution in [0.2, 0.25) is 0 Å². The van der Waals surface area contributed by atoms with E-state index in [0.717, 1.165) is 11.1 Å². The molecule has 1 saturated heterocycles. The summed E-state index contributed by atoms with van der Waals surface area (Å²) in [6.07, 6.45) is 0. The molecule has 0 spiro atoms. The molecule has 0 aliphatic carbocycles. The lowest BCUT2D eigenvalue weighted by atomic mass is 10.0. The number of piperazine rings is 1. The van der Waals surface area contributed by atoms with Crippen LogP contribution in [0.25, 0.3) is 0 Å². The van der Waals surface area contributed by atoms with Gasteiger partial charge >= 0.3 is 0 Å². The van der Waals surface area contributed by atoms with Gasteiger partial charge in [-0.05, 0) is 50.1 Å². The molecule has 144 valence electrons. The number of benzene rings is 2. The SMILES string of the molecule is Cc1ccc(S(=O)(=O)N2CCN(CC(=O)c3ccc(C)c(C)c3)CC2)cc1. The van der Waals surface area contributed by atoms with Crippen molar-refractivity contribution in [3.05, 3.63) is 64.7 Å². The van der Waals surface area contributed by atoms with Crippen LogP contribution in [0.3, 0.4) is 0 Å². The molecular formula is C21H26N2O3S. The van der Waals surface area contributed by atoms with Crippen LogP contribution in [0.4, 0.5) is 0 Å². The summed E-state index contributed by atoms with van der Waals surface area (Å²) >= 11 is 0. The van der Waals surface area contributed by atoms with Gasteiger partial charge in [0.2, 0.25) is 10.0 Å². The summed E-state index contributed by atoms with van der Waals surface area (Å²) in [4.78, 5) is 14.9. The van der Waals surface area contributed by atoms with Gasteiger partial charge in [0.15, 0.2) is 5.78 Å². The molecule has 0 atom stereocenters. The zero-order valence-electron chi connectivity index (χ0n) is 16.1. The first-order chi connectivity index (χ1) is 12.8. The van der Waals surface area contributed by atoms with Crippen LogP contribution in [0, 0.1) is 20.8 Å². The van der Waals surface area contributed by atoms with Gasteiger partial charge in [0, 0.05) is 31.7 Å². The third-order valence-corrected chi connectivity index (χ3v) is 7.10. The highest BCUT2D eigenvalue weighted by molar-refractivity contribution is 7.89. The van der Waals surface area contributed by atoms with E-state index in [0.29, 0.717) is 43.2 Å². The highest BCUT2D eigenvalue weighted by atomic mass is 32.2. The van der Waals surface area contributed by atoms with Gasteiger partial charge in [0.25, 0.3) is 0 Å². The lowest BCUT2D eigenvalue weighted by Gasteiger charge is -2.33. The summed E-state index contributed by atoms with van der Waals surface area (Å²) in [6, 6.07) is 12.7. The van der Waals surface area contributed by atoms with Crippen LogP contribution < -0.4 is 0 Å². The van der Waals surface area contributed by atoms with Crippen LogP contribution >= 0.6 is 0 Å². The molecule has 3 rings (SSSR count). The van der Waals surface area contributed by atoms with E-state index in [9.17, 15) is 13.2 Å². The monoisotopic (exact) mass is 386 g/mol. The normalized spacial score (nSPS) is 16.4. The quantitative estimate of drug-likeness (QED) is 0.742. The Bertz CT molecular complexity index is 928. The maximum Gasteiger partial charge on any atom is 0.243 e. The minimum atomic E-state index is -3.47.